The SMILES string of the molecule is CCCCN(C)C(=O)CC(C)O. The van der Waals surface area contributed by atoms with Crippen molar-refractivity contribution in [3.05, 3.63) is 0 Å². The van der Waals surface area contributed by atoms with Gasteiger partial charge in [0.2, 0.25) is 5.91 Å². The van der Waals surface area contributed by atoms with Crippen LogP contribution in [0.1, 0.15) is 33.1 Å². The zero-order valence-corrected chi connectivity index (χ0v) is 8.21. The van der Waals surface area contributed by atoms with Gasteiger partial charge in [-0.05, 0) is 13.3 Å². The van der Waals surface area contributed by atoms with Gasteiger partial charge in [-0.2, -0.15) is 0 Å². The highest BCUT2D eigenvalue weighted by molar-refractivity contribution is 5.76. The van der Waals surface area contributed by atoms with Gasteiger partial charge < -0.3 is 10.0 Å². The van der Waals surface area contributed by atoms with Crippen LogP contribution in [0, 0.1) is 0 Å². The summed E-state index contributed by atoms with van der Waals surface area (Å²) in [6, 6.07) is 0. The minimum absolute atomic E-state index is 0.0263. The second-order valence-corrected chi connectivity index (χ2v) is 3.22. The zero-order valence-electron chi connectivity index (χ0n) is 8.21. The summed E-state index contributed by atoms with van der Waals surface area (Å²) in [5.74, 6) is 0.0263. The first-order chi connectivity index (χ1) is 5.57. The second-order valence-electron chi connectivity index (χ2n) is 3.22. The van der Waals surface area contributed by atoms with Crippen LogP contribution in [0.2, 0.25) is 0 Å². The highest BCUT2D eigenvalue weighted by Gasteiger charge is 2.10. The summed E-state index contributed by atoms with van der Waals surface area (Å²) < 4.78 is 0. The van der Waals surface area contributed by atoms with Crippen molar-refractivity contribution < 1.29 is 9.90 Å². The van der Waals surface area contributed by atoms with Gasteiger partial charge in [0.15, 0.2) is 0 Å². The number of hydrogen-bond acceptors (Lipinski definition) is 2. The molecule has 1 atom stereocenters. The van der Waals surface area contributed by atoms with E-state index in [1.165, 1.54) is 0 Å². The molecular weight excluding hydrogens is 154 g/mol. The third kappa shape index (κ3) is 5.13. The summed E-state index contributed by atoms with van der Waals surface area (Å²) in [4.78, 5) is 12.9. The Morgan fingerprint density at radius 3 is 2.58 bits per heavy atom. The number of nitrogens with zero attached hydrogens (tertiary/aromatic N) is 1. The lowest BCUT2D eigenvalue weighted by atomic mass is 10.2. The van der Waals surface area contributed by atoms with Crippen LogP contribution < -0.4 is 0 Å². The lowest BCUT2D eigenvalue weighted by molar-refractivity contribution is -0.131. The van der Waals surface area contributed by atoms with Gasteiger partial charge in [0.1, 0.15) is 0 Å². The average Bonchev–Trinajstić information content (AvgIpc) is 1.98. The lowest BCUT2D eigenvalue weighted by Gasteiger charge is -2.17. The molecule has 0 aliphatic rings. The molecule has 12 heavy (non-hydrogen) atoms. The van der Waals surface area contributed by atoms with Crippen molar-refractivity contribution in [1.82, 2.24) is 4.90 Å². The van der Waals surface area contributed by atoms with E-state index < -0.39 is 6.10 Å². The standard InChI is InChI=1S/C9H19NO2/c1-4-5-6-10(3)9(12)7-8(2)11/h8,11H,4-7H2,1-3H3. The van der Waals surface area contributed by atoms with Crippen molar-refractivity contribution in [3.8, 4) is 0 Å². The highest BCUT2D eigenvalue weighted by atomic mass is 16.3. The van der Waals surface area contributed by atoms with Gasteiger partial charge in [-0.25, -0.2) is 0 Å². The molecule has 0 bridgehead atoms. The largest absolute Gasteiger partial charge is 0.393 e. The maximum Gasteiger partial charge on any atom is 0.224 e. The van der Waals surface area contributed by atoms with Crippen molar-refractivity contribution >= 4 is 5.91 Å². The molecule has 0 fully saturated rings. The molecular formula is C9H19NO2. The van der Waals surface area contributed by atoms with Gasteiger partial charge >= 0.3 is 0 Å². The molecule has 72 valence electrons. The first kappa shape index (κ1) is 11.4. The van der Waals surface area contributed by atoms with E-state index in [4.69, 9.17) is 5.11 Å². The molecule has 0 heterocycles. The summed E-state index contributed by atoms with van der Waals surface area (Å²) in [5.41, 5.74) is 0. The molecule has 3 nitrogen and oxygen atoms in total. The Balaban J connectivity index is 3.61. The van der Waals surface area contributed by atoms with E-state index in [-0.39, 0.29) is 12.3 Å². The smallest absolute Gasteiger partial charge is 0.224 e. The van der Waals surface area contributed by atoms with Gasteiger partial charge in [0.25, 0.3) is 0 Å². The lowest BCUT2D eigenvalue weighted by Crippen LogP contribution is -2.29. The predicted molar refractivity (Wildman–Crippen MR) is 48.8 cm³/mol. The fourth-order valence-corrected chi connectivity index (χ4v) is 0.929. The molecule has 0 aliphatic carbocycles. The van der Waals surface area contributed by atoms with E-state index in [0.717, 1.165) is 19.4 Å². The van der Waals surface area contributed by atoms with E-state index in [1.54, 1.807) is 18.9 Å². The maximum absolute atomic E-state index is 11.2. The maximum atomic E-state index is 11.2. The molecule has 1 unspecified atom stereocenters. The van der Waals surface area contributed by atoms with Gasteiger partial charge in [-0.1, -0.05) is 13.3 Å². The Bertz CT molecular complexity index is 134. The Morgan fingerprint density at radius 1 is 1.58 bits per heavy atom. The Morgan fingerprint density at radius 2 is 2.17 bits per heavy atom. The highest BCUT2D eigenvalue weighted by Crippen LogP contribution is 1.98. The van der Waals surface area contributed by atoms with Crippen LogP contribution in [0.4, 0.5) is 0 Å². The fraction of sp³-hybridized carbons (Fsp3) is 0.889. The van der Waals surface area contributed by atoms with Crippen molar-refractivity contribution in [1.29, 1.82) is 0 Å². The van der Waals surface area contributed by atoms with Crippen molar-refractivity contribution in [3.63, 3.8) is 0 Å². The average molecular weight is 173 g/mol. The molecule has 0 aromatic carbocycles. The first-order valence-corrected chi connectivity index (χ1v) is 4.50. The monoisotopic (exact) mass is 173 g/mol. The van der Waals surface area contributed by atoms with E-state index in [0.29, 0.717) is 0 Å². The molecule has 0 saturated carbocycles. The number of unbranched alkanes of at least 4 members (excludes halogenated alkanes) is 1. The number of hydrogen-bond donors (Lipinski definition) is 1. The Hall–Kier alpha value is -0.570. The summed E-state index contributed by atoms with van der Waals surface area (Å²) in [6.07, 6.45) is 1.83. The summed E-state index contributed by atoms with van der Waals surface area (Å²) in [7, 11) is 1.78. The van der Waals surface area contributed by atoms with Gasteiger partial charge in [0, 0.05) is 13.6 Å². The molecule has 3 heteroatoms. The third-order valence-electron chi connectivity index (χ3n) is 1.74. The van der Waals surface area contributed by atoms with Crippen LogP contribution in [0.5, 0.6) is 0 Å². The molecule has 0 spiro atoms. The number of carbonyl (C=O) groups excluding carboxylic acids is 1. The van der Waals surface area contributed by atoms with Crippen molar-refractivity contribution in [2.45, 2.75) is 39.2 Å². The van der Waals surface area contributed by atoms with Crippen LogP contribution in [0.15, 0.2) is 0 Å². The van der Waals surface area contributed by atoms with Crippen LogP contribution in [-0.2, 0) is 4.79 Å². The fourth-order valence-electron chi connectivity index (χ4n) is 0.929. The first-order valence-electron chi connectivity index (χ1n) is 4.50. The Kier molecular flexibility index (Phi) is 5.72. The molecule has 0 aromatic rings. The van der Waals surface area contributed by atoms with Gasteiger partial charge in [-0.3, -0.25) is 4.79 Å². The van der Waals surface area contributed by atoms with Gasteiger partial charge in [0.05, 0.1) is 12.5 Å². The van der Waals surface area contributed by atoms with Crippen molar-refractivity contribution in [2.24, 2.45) is 0 Å². The van der Waals surface area contributed by atoms with Crippen LogP contribution >= 0.6 is 0 Å². The molecule has 1 N–H and O–H groups in total. The topological polar surface area (TPSA) is 40.5 Å². The molecule has 0 aromatic heterocycles. The van der Waals surface area contributed by atoms with E-state index in [9.17, 15) is 4.79 Å². The number of rotatable bonds is 5. The third-order valence-corrected chi connectivity index (χ3v) is 1.74. The van der Waals surface area contributed by atoms with E-state index in [1.807, 2.05) is 0 Å². The molecule has 0 rings (SSSR count). The predicted octanol–water partition coefficient (Wildman–Crippen LogP) is 1.02. The number of carbonyl (C=O) groups is 1. The normalized spacial score (nSPS) is 12.7. The second kappa shape index (κ2) is 6.00. The summed E-state index contributed by atoms with van der Waals surface area (Å²) in [5, 5.41) is 8.95. The van der Waals surface area contributed by atoms with Gasteiger partial charge in [-0.15, -0.1) is 0 Å². The summed E-state index contributed by atoms with van der Waals surface area (Å²) in [6.45, 7) is 4.51. The number of aliphatic hydroxyl groups is 1. The molecule has 0 aliphatic heterocycles. The van der Waals surface area contributed by atoms with E-state index in [2.05, 4.69) is 6.92 Å². The minimum Gasteiger partial charge on any atom is -0.393 e. The van der Waals surface area contributed by atoms with Crippen LogP contribution in [0.3, 0.4) is 0 Å². The molecule has 1 amide bonds. The summed E-state index contributed by atoms with van der Waals surface area (Å²) >= 11 is 0. The minimum atomic E-state index is -0.526. The zero-order chi connectivity index (χ0) is 9.56. The molecule has 0 saturated heterocycles. The molecule has 0 radical (unpaired) electrons. The van der Waals surface area contributed by atoms with Crippen LogP contribution in [-0.4, -0.2) is 35.6 Å². The quantitative estimate of drug-likeness (QED) is 0.674. The van der Waals surface area contributed by atoms with Crippen molar-refractivity contribution in [2.75, 3.05) is 13.6 Å². The van der Waals surface area contributed by atoms with E-state index >= 15 is 0 Å². The van der Waals surface area contributed by atoms with Crippen LogP contribution in [0.25, 0.3) is 0 Å². The number of aliphatic hydroxyl groups excluding tert-OH is 1. The number of amides is 1. The Labute approximate surface area is 74.4 Å².